The Morgan fingerprint density at radius 3 is 2.88 bits per heavy atom. The number of thioether (sulfide) groups is 1. The van der Waals surface area contributed by atoms with Gasteiger partial charge in [-0.1, -0.05) is 48.4 Å². The Balaban J connectivity index is 1.96. The molecule has 6 nitrogen and oxygen atoms in total. The monoisotopic (exact) mass is 376 g/mol. The van der Waals surface area contributed by atoms with E-state index in [9.17, 15) is 4.79 Å². The molecule has 2 heterocycles. The molecular formula is C17H17ClN4O2S. The Bertz CT molecular complexity index is 980. The standard InChI is InChI=1S/C17H17ClN4O2S/c1-4-7-22-16(23)12-8-11(18)5-6-13(12)19-17(22)25-9-14-20-15(10(2)3)21-24-14/h4-6,8,10H,1,7,9H2,2-3H3. The molecular weight excluding hydrogens is 360 g/mol. The molecule has 2 aromatic heterocycles. The number of rotatable bonds is 6. The van der Waals surface area contributed by atoms with Crippen molar-refractivity contribution in [1.29, 1.82) is 0 Å². The highest BCUT2D eigenvalue weighted by Crippen LogP contribution is 2.23. The third-order valence-corrected chi connectivity index (χ3v) is 4.71. The maximum absolute atomic E-state index is 12.7. The van der Waals surface area contributed by atoms with Crippen molar-refractivity contribution in [3.8, 4) is 0 Å². The summed E-state index contributed by atoms with van der Waals surface area (Å²) in [5, 5.41) is 5.51. The van der Waals surface area contributed by atoms with Crippen LogP contribution >= 0.6 is 23.4 Å². The molecule has 0 saturated carbocycles. The Morgan fingerprint density at radius 1 is 1.40 bits per heavy atom. The summed E-state index contributed by atoms with van der Waals surface area (Å²) in [6, 6.07) is 5.09. The van der Waals surface area contributed by atoms with E-state index in [1.54, 1.807) is 28.8 Å². The molecule has 0 aliphatic carbocycles. The SMILES string of the molecule is C=CCn1c(SCc2nc(C(C)C)no2)nc2ccc(Cl)cc2c1=O. The van der Waals surface area contributed by atoms with Gasteiger partial charge in [-0.05, 0) is 18.2 Å². The van der Waals surface area contributed by atoms with Crippen molar-refractivity contribution in [2.24, 2.45) is 0 Å². The van der Waals surface area contributed by atoms with Gasteiger partial charge in [0.05, 0.1) is 16.7 Å². The number of allylic oxidation sites excluding steroid dienone is 1. The minimum Gasteiger partial charge on any atom is -0.338 e. The number of halogens is 1. The van der Waals surface area contributed by atoms with Crippen LogP contribution in [0.5, 0.6) is 0 Å². The van der Waals surface area contributed by atoms with Crippen LogP contribution in [0.3, 0.4) is 0 Å². The summed E-state index contributed by atoms with van der Waals surface area (Å²) in [6.45, 7) is 8.07. The Morgan fingerprint density at radius 2 is 2.20 bits per heavy atom. The summed E-state index contributed by atoms with van der Waals surface area (Å²) in [5.41, 5.74) is 0.453. The molecule has 25 heavy (non-hydrogen) atoms. The van der Waals surface area contributed by atoms with Crippen LogP contribution in [0.25, 0.3) is 10.9 Å². The van der Waals surface area contributed by atoms with Crippen molar-refractivity contribution in [2.75, 3.05) is 0 Å². The van der Waals surface area contributed by atoms with Crippen molar-refractivity contribution in [1.82, 2.24) is 19.7 Å². The van der Waals surface area contributed by atoms with E-state index < -0.39 is 0 Å². The first kappa shape index (κ1) is 17.7. The zero-order chi connectivity index (χ0) is 18.0. The van der Waals surface area contributed by atoms with Gasteiger partial charge in [-0.25, -0.2) is 4.98 Å². The number of hydrogen-bond donors (Lipinski definition) is 0. The lowest BCUT2D eigenvalue weighted by atomic mass is 10.2. The number of fused-ring (bicyclic) bond motifs is 1. The Kier molecular flexibility index (Phi) is 5.24. The Hall–Kier alpha value is -2.12. The van der Waals surface area contributed by atoms with E-state index in [4.69, 9.17) is 16.1 Å². The zero-order valence-corrected chi connectivity index (χ0v) is 15.5. The normalized spacial score (nSPS) is 11.4. The van der Waals surface area contributed by atoms with E-state index in [-0.39, 0.29) is 11.5 Å². The fourth-order valence-electron chi connectivity index (χ4n) is 2.26. The van der Waals surface area contributed by atoms with Gasteiger partial charge in [-0.2, -0.15) is 4.98 Å². The second-order valence-corrected chi connectivity index (χ2v) is 7.13. The molecule has 0 amide bonds. The van der Waals surface area contributed by atoms with Crippen molar-refractivity contribution < 1.29 is 4.52 Å². The van der Waals surface area contributed by atoms with Gasteiger partial charge >= 0.3 is 0 Å². The summed E-state index contributed by atoms with van der Waals surface area (Å²) in [6.07, 6.45) is 1.66. The van der Waals surface area contributed by atoms with E-state index in [2.05, 4.69) is 21.7 Å². The molecule has 0 spiro atoms. The first-order valence-corrected chi connectivity index (χ1v) is 9.12. The van der Waals surface area contributed by atoms with Gasteiger partial charge in [0.25, 0.3) is 5.56 Å². The molecule has 0 unspecified atom stereocenters. The van der Waals surface area contributed by atoms with Crippen molar-refractivity contribution in [3.05, 3.63) is 57.9 Å². The van der Waals surface area contributed by atoms with E-state index >= 15 is 0 Å². The average Bonchev–Trinajstić information content (AvgIpc) is 3.06. The maximum atomic E-state index is 12.7. The second-order valence-electron chi connectivity index (χ2n) is 5.75. The summed E-state index contributed by atoms with van der Waals surface area (Å²) >= 11 is 7.37. The van der Waals surface area contributed by atoms with Crippen LogP contribution in [0.2, 0.25) is 5.02 Å². The molecule has 1 aromatic carbocycles. The molecule has 130 valence electrons. The van der Waals surface area contributed by atoms with Gasteiger partial charge < -0.3 is 4.52 Å². The third kappa shape index (κ3) is 3.77. The maximum Gasteiger partial charge on any atom is 0.262 e. The lowest BCUT2D eigenvalue weighted by Gasteiger charge is -2.10. The summed E-state index contributed by atoms with van der Waals surface area (Å²) in [5.74, 6) is 1.80. The van der Waals surface area contributed by atoms with Crippen molar-refractivity contribution in [3.63, 3.8) is 0 Å². The average molecular weight is 377 g/mol. The molecule has 0 radical (unpaired) electrons. The molecule has 0 bridgehead atoms. The fourth-order valence-corrected chi connectivity index (χ4v) is 3.28. The highest BCUT2D eigenvalue weighted by molar-refractivity contribution is 7.98. The quantitative estimate of drug-likeness (QED) is 0.367. The fraction of sp³-hybridized carbons (Fsp3) is 0.294. The van der Waals surface area contributed by atoms with Crippen LogP contribution in [0, 0.1) is 0 Å². The third-order valence-electron chi connectivity index (χ3n) is 3.52. The van der Waals surface area contributed by atoms with Crippen LogP contribution < -0.4 is 5.56 Å². The van der Waals surface area contributed by atoms with Crippen LogP contribution in [-0.4, -0.2) is 19.7 Å². The van der Waals surface area contributed by atoms with Gasteiger partial charge in [-0.15, -0.1) is 6.58 Å². The molecule has 8 heteroatoms. The largest absolute Gasteiger partial charge is 0.338 e. The second kappa shape index (κ2) is 7.41. The molecule has 0 aliphatic heterocycles. The lowest BCUT2D eigenvalue weighted by Crippen LogP contribution is -2.22. The molecule has 0 saturated heterocycles. The minimum atomic E-state index is -0.150. The lowest BCUT2D eigenvalue weighted by molar-refractivity contribution is 0.382. The van der Waals surface area contributed by atoms with E-state index in [1.807, 2.05) is 13.8 Å². The van der Waals surface area contributed by atoms with Gasteiger partial charge in [0.2, 0.25) is 5.89 Å². The summed E-state index contributed by atoms with van der Waals surface area (Å²) in [7, 11) is 0. The van der Waals surface area contributed by atoms with E-state index in [0.29, 0.717) is 45.1 Å². The molecule has 0 N–H and O–H groups in total. The predicted molar refractivity (Wildman–Crippen MR) is 99.2 cm³/mol. The first-order valence-electron chi connectivity index (χ1n) is 7.76. The minimum absolute atomic E-state index is 0.150. The van der Waals surface area contributed by atoms with Crippen LogP contribution in [0.15, 0.2) is 45.3 Å². The zero-order valence-electron chi connectivity index (χ0n) is 13.9. The molecule has 0 atom stereocenters. The highest BCUT2D eigenvalue weighted by atomic mass is 35.5. The van der Waals surface area contributed by atoms with Crippen LogP contribution in [-0.2, 0) is 12.3 Å². The Labute approximate surface area is 153 Å². The highest BCUT2D eigenvalue weighted by Gasteiger charge is 2.14. The van der Waals surface area contributed by atoms with E-state index in [0.717, 1.165) is 0 Å². The number of nitrogens with zero attached hydrogens (tertiary/aromatic N) is 4. The van der Waals surface area contributed by atoms with Gasteiger partial charge in [0.1, 0.15) is 0 Å². The molecule has 3 rings (SSSR count). The number of benzene rings is 1. The predicted octanol–water partition coefficient (Wildman–Crippen LogP) is 4.03. The van der Waals surface area contributed by atoms with Gasteiger partial charge in [0.15, 0.2) is 11.0 Å². The molecule has 0 fully saturated rings. The topological polar surface area (TPSA) is 73.8 Å². The summed E-state index contributed by atoms with van der Waals surface area (Å²) < 4.78 is 6.81. The van der Waals surface area contributed by atoms with Crippen LogP contribution in [0.1, 0.15) is 31.5 Å². The van der Waals surface area contributed by atoms with Gasteiger partial charge in [0, 0.05) is 17.5 Å². The number of aromatic nitrogens is 4. The van der Waals surface area contributed by atoms with Crippen molar-refractivity contribution >= 4 is 34.3 Å². The van der Waals surface area contributed by atoms with Crippen molar-refractivity contribution in [2.45, 2.75) is 37.2 Å². The number of hydrogen-bond acceptors (Lipinski definition) is 6. The smallest absolute Gasteiger partial charge is 0.262 e. The van der Waals surface area contributed by atoms with E-state index in [1.165, 1.54) is 11.8 Å². The first-order chi connectivity index (χ1) is 12.0. The molecule has 3 aromatic rings. The summed E-state index contributed by atoms with van der Waals surface area (Å²) in [4.78, 5) is 21.7. The van der Waals surface area contributed by atoms with Crippen LogP contribution in [0.4, 0.5) is 0 Å². The molecule has 0 aliphatic rings. The van der Waals surface area contributed by atoms with Gasteiger partial charge in [-0.3, -0.25) is 9.36 Å².